The largest absolute Gasteiger partial charge is 0.443 e. The van der Waals surface area contributed by atoms with Crippen LogP contribution in [0.5, 0.6) is 0 Å². The molecule has 0 aliphatic carbocycles. The second kappa shape index (κ2) is 5.24. The number of hydrazine groups is 1. The van der Waals surface area contributed by atoms with Crippen molar-refractivity contribution in [2.24, 2.45) is 0 Å². The van der Waals surface area contributed by atoms with Crippen LogP contribution in [0.15, 0.2) is 24.9 Å². The number of carbonyl (C=O) groups is 1. The standard InChI is InChI=1S/C9H16N2O2/c1-5-6-7-10-11-8(12)13-9(2,3)4/h5-7,10H,1H2,2-4H3,(H,11,12)/b7-6+. The quantitative estimate of drug-likeness (QED) is 0.518. The first kappa shape index (κ1) is 11.6. The summed E-state index contributed by atoms with van der Waals surface area (Å²) in [6, 6.07) is 0. The first-order valence-electron chi connectivity index (χ1n) is 3.98. The van der Waals surface area contributed by atoms with Crippen molar-refractivity contribution in [2.45, 2.75) is 26.4 Å². The molecule has 4 heteroatoms. The zero-order valence-corrected chi connectivity index (χ0v) is 8.26. The Bertz CT molecular complexity index is 204. The van der Waals surface area contributed by atoms with Crippen molar-refractivity contribution in [1.82, 2.24) is 10.9 Å². The van der Waals surface area contributed by atoms with Crippen LogP contribution in [0.2, 0.25) is 0 Å². The molecule has 74 valence electrons. The number of rotatable bonds is 3. The Labute approximate surface area is 78.6 Å². The van der Waals surface area contributed by atoms with E-state index < -0.39 is 11.7 Å². The summed E-state index contributed by atoms with van der Waals surface area (Å²) in [6.45, 7) is 8.86. The number of allylic oxidation sites excluding steroid dienone is 2. The summed E-state index contributed by atoms with van der Waals surface area (Å²) >= 11 is 0. The van der Waals surface area contributed by atoms with E-state index in [0.29, 0.717) is 0 Å². The van der Waals surface area contributed by atoms with Gasteiger partial charge in [0.05, 0.1) is 0 Å². The first-order valence-corrected chi connectivity index (χ1v) is 3.98. The van der Waals surface area contributed by atoms with E-state index >= 15 is 0 Å². The van der Waals surface area contributed by atoms with E-state index in [-0.39, 0.29) is 0 Å². The number of nitrogens with one attached hydrogen (secondary N) is 2. The van der Waals surface area contributed by atoms with Crippen LogP contribution in [0.4, 0.5) is 4.79 Å². The number of amides is 1. The molecule has 0 heterocycles. The average Bonchev–Trinajstić information content (AvgIpc) is 1.94. The lowest BCUT2D eigenvalue weighted by atomic mass is 10.2. The predicted octanol–water partition coefficient (Wildman–Crippen LogP) is 1.72. The SMILES string of the molecule is C=C/C=C/NNC(=O)OC(C)(C)C. The molecule has 1 amide bonds. The molecule has 0 saturated carbocycles. The van der Waals surface area contributed by atoms with Crippen molar-refractivity contribution in [3.63, 3.8) is 0 Å². The fourth-order valence-electron chi connectivity index (χ4n) is 0.520. The van der Waals surface area contributed by atoms with Gasteiger partial charge >= 0.3 is 6.09 Å². The summed E-state index contributed by atoms with van der Waals surface area (Å²) in [5.74, 6) is 0. The van der Waals surface area contributed by atoms with Crippen LogP contribution in [0.3, 0.4) is 0 Å². The van der Waals surface area contributed by atoms with E-state index in [4.69, 9.17) is 4.74 Å². The van der Waals surface area contributed by atoms with Gasteiger partial charge in [-0.15, -0.1) is 0 Å². The van der Waals surface area contributed by atoms with Crippen LogP contribution < -0.4 is 10.9 Å². The summed E-state index contributed by atoms with van der Waals surface area (Å²) in [4.78, 5) is 11.0. The van der Waals surface area contributed by atoms with Gasteiger partial charge in [0.1, 0.15) is 5.60 Å². The second-order valence-corrected chi connectivity index (χ2v) is 3.37. The third-order valence-corrected chi connectivity index (χ3v) is 0.889. The molecule has 13 heavy (non-hydrogen) atoms. The average molecular weight is 184 g/mol. The van der Waals surface area contributed by atoms with E-state index in [0.717, 1.165) is 0 Å². The molecule has 2 N–H and O–H groups in total. The normalized spacial score (nSPS) is 11.0. The Balaban J connectivity index is 3.64. The van der Waals surface area contributed by atoms with Crippen molar-refractivity contribution >= 4 is 6.09 Å². The summed E-state index contributed by atoms with van der Waals surface area (Å²) < 4.78 is 4.95. The minimum absolute atomic E-state index is 0.478. The third-order valence-electron chi connectivity index (χ3n) is 0.889. The van der Waals surface area contributed by atoms with E-state index in [1.807, 2.05) is 0 Å². The maximum absolute atomic E-state index is 11.0. The molecule has 0 fully saturated rings. The predicted molar refractivity (Wildman–Crippen MR) is 51.8 cm³/mol. The van der Waals surface area contributed by atoms with Crippen molar-refractivity contribution < 1.29 is 9.53 Å². The molecule has 0 atom stereocenters. The van der Waals surface area contributed by atoms with E-state index in [9.17, 15) is 4.79 Å². The zero-order chi connectivity index (χ0) is 10.3. The number of carbonyl (C=O) groups excluding carboxylic acids is 1. The molecule has 0 aromatic carbocycles. The van der Waals surface area contributed by atoms with Gasteiger partial charge in [-0.25, -0.2) is 10.2 Å². The molecule has 0 bridgehead atoms. The summed E-state index contributed by atoms with van der Waals surface area (Å²) in [5, 5.41) is 0. The van der Waals surface area contributed by atoms with Crippen molar-refractivity contribution in [3.05, 3.63) is 24.9 Å². The van der Waals surface area contributed by atoms with Gasteiger partial charge in [0.2, 0.25) is 0 Å². The molecule has 0 rings (SSSR count). The number of hydrogen-bond donors (Lipinski definition) is 2. The molecule has 0 saturated heterocycles. The molecule has 0 aliphatic rings. The summed E-state index contributed by atoms with van der Waals surface area (Å²) in [5.41, 5.74) is 4.38. The highest BCUT2D eigenvalue weighted by Crippen LogP contribution is 2.05. The smallest absolute Gasteiger partial charge is 0.426 e. The molecule has 0 aromatic rings. The topological polar surface area (TPSA) is 50.4 Å². The second-order valence-electron chi connectivity index (χ2n) is 3.37. The van der Waals surface area contributed by atoms with Crippen LogP contribution >= 0.6 is 0 Å². The Hall–Kier alpha value is -1.45. The summed E-state index contributed by atoms with van der Waals surface area (Å²) in [6.07, 6.45) is 4.26. The molecule has 0 spiro atoms. The van der Waals surface area contributed by atoms with Gasteiger partial charge in [-0.05, 0) is 26.8 Å². The lowest BCUT2D eigenvalue weighted by Crippen LogP contribution is -2.38. The highest BCUT2D eigenvalue weighted by Gasteiger charge is 2.14. The van der Waals surface area contributed by atoms with Gasteiger partial charge in [-0.2, -0.15) is 0 Å². The minimum atomic E-state index is -0.513. The maximum Gasteiger partial charge on any atom is 0.426 e. The van der Waals surface area contributed by atoms with Crippen LogP contribution in [0, 0.1) is 0 Å². The monoisotopic (exact) mass is 184 g/mol. The molecule has 0 aliphatic heterocycles. The number of ether oxygens (including phenoxy) is 1. The van der Waals surface area contributed by atoms with Gasteiger partial charge in [0.25, 0.3) is 0 Å². The van der Waals surface area contributed by atoms with E-state index in [2.05, 4.69) is 17.4 Å². The first-order chi connectivity index (χ1) is 5.95. The summed E-state index contributed by atoms with van der Waals surface area (Å²) in [7, 11) is 0. The van der Waals surface area contributed by atoms with E-state index in [1.165, 1.54) is 6.20 Å². The molecular weight excluding hydrogens is 168 g/mol. The molecule has 0 radical (unpaired) electrons. The van der Waals surface area contributed by atoms with Crippen LogP contribution in [0.1, 0.15) is 20.8 Å². The van der Waals surface area contributed by atoms with E-state index in [1.54, 1.807) is 32.9 Å². The van der Waals surface area contributed by atoms with Gasteiger partial charge in [0, 0.05) is 6.20 Å². The third kappa shape index (κ3) is 8.46. The van der Waals surface area contributed by atoms with Gasteiger partial charge in [0.15, 0.2) is 0 Å². The van der Waals surface area contributed by atoms with Crippen LogP contribution in [0.25, 0.3) is 0 Å². The maximum atomic E-state index is 11.0. The van der Waals surface area contributed by atoms with Gasteiger partial charge < -0.3 is 10.2 Å². The molecular formula is C9H16N2O2. The molecule has 0 unspecified atom stereocenters. The Kier molecular flexibility index (Phi) is 4.66. The molecule has 4 nitrogen and oxygen atoms in total. The highest BCUT2D eigenvalue weighted by atomic mass is 16.6. The fraction of sp³-hybridized carbons (Fsp3) is 0.444. The van der Waals surface area contributed by atoms with Gasteiger partial charge in [-0.1, -0.05) is 12.7 Å². The van der Waals surface area contributed by atoms with Crippen LogP contribution in [-0.2, 0) is 4.74 Å². The van der Waals surface area contributed by atoms with Crippen molar-refractivity contribution in [1.29, 1.82) is 0 Å². The Morgan fingerprint density at radius 2 is 2.08 bits per heavy atom. The van der Waals surface area contributed by atoms with Gasteiger partial charge in [-0.3, -0.25) is 0 Å². The lowest BCUT2D eigenvalue weighted by Gasteiger charge is -2.19. The Morgan fingerprint density at radius 3 is 2.54 bits per heavy atom. The Morgan fingerprint density at radius 1 is 1.46 bits per heavy atom. The highest BCUT2D eigenvalue weighted by molar-refractivity contribution is 5.67. The van der Waals surface area contributed by atoms with Crippen molar-refractivity contribution in [3.8, 4) is 0 Å². The minimum Gasteiger partial charge on any atom is -0.443 e. The zero-order valence-electron chi connectivity index (χ0n) is 8.26. The number of hydrogen-bond acceptors (Lipinski definition) is 3. The lowest BCUT2D eigenvalue weighted by molar-refractivity contribution is 0.0509. The molecule has 0 aromatic heterocycles. The van der Waals surface area contributed by atoms with Crippen LogP contribution in [-0.4, -0.2) is 11.7 Å². The fourth-order valence-corrected chi connectivity index (χ4v) is 0.520. The van der Waals surface area contributed by atoms with Crippen molar-refractivity contribution in [2.75, 3.05) is 0 Å².